The average Bonchev–Trinajstić information content (AvgIpc) is 3.35. The summed E-state index contributed by atoms with van der Waals surface area (Å²) in [5, 5.41) is 20.9. The van der Waals surface area contributed by atoms with E-state index in [2.05, 4.69) is 16.4 Å². The summed E-state index contributed by atoms with van der Waals surface area (Å²) in [4.78, 5) is 17.9. The molecule has 1 atom stereocenters. The number of amidine groups is 1. The first-order valence-corrected chi connectivity index (χ1v) is 9.08. The largest absolute Gasteiger partial charge is 0.442 e. The zero-order chi connectivity index (χ0) is 17.9. The highest BCUT2D eigenvalue weighted by molar-refractivity contribution is 8.13. The summed E-state index contributed by atoms with van der Waals surface area (Å²) in [6.45, 7) is 0.696. The van der Waals surface area contributed by atoms with Gasteiger partial charge < -0.3 is 4.74 Å². The molecule has 1 N–H and O–H groups in total. The van der Waals surface area contributed by atoms with Crippen LogP contribution in [0.3, 0.4) is 0 Å². The Bertz CT molecular complexity index is 774. The molecule has 2 fully saturated rings. The molecule has 7 nitrogen and oxygen atoms in total. The number of anilines is 1. The van der Waals surface area contributed by atoms with Gasteiger partial charge in [0.2, 0.25) is 0 Å². The Morgan fingerprint density at radius 3 is 2.72 bits per heavy atom. The SMILES string of the molecule is CSC(=NC[C@@H]1CN(c2ccc(C3(C#N)CC3)cc2)C(=O)O1)NC#N. The Labute approximate surface area is 150 Å². The standard InChI is InChI=1S/C17H17N5O2S/c1-25-15(21-11-19)20-8-14-9-22(16(23)24-14)13-4-2-12(3-5-13)17(10-18)6-7-17/h2-5,14H,6-9H2,1H3,(H,20,21)/t14-/m1/s1. The number of nitrogens with one attached hydrogen (secondary N) is 1. The minimum Gasteiger partial charge on any atom is -0.442 e. The molecular formula is C17H17N5O2S. The molecule has 1 aliphatic heterocycles. The van der Waals surface area contributed by atoms with Crippen molar-refractivity contribution < 1.29 is 9.53 Å². The zero-order valence-electron chi connectivity index (χ0n) is 13.7. The van der Waals surface area contributed by atoms with Gasteiger partial charge in [0.15, 0.2) is 11.4 Å². The third kappa shape index (κ3) is 3.54. The molecular weight excluding hydrogens is 338 g/mol. The lowest BCUT2D eigenvalue weighted by atomic mass is 9.97. The van der Waals surface area contributed by atoms with Crippen LogP contribution in [0, 0.1) is 22.8 Å². The van der Waals surface area contributed by atoms with E-state index in [1.165, 1.54) is 11.8 Å². The van der Waals surface area contributed by atoms with Crippen LogP contribution in [0.15, 0.2) is 29.3 Å². The molecule has 3 rings (SSSR count). The highest BCUT2D eigenvalue weighted by Crippen LogP contribution is 2.47. The van der Waals surface area contributed by atoms with E-state index in [0.717, 1.165) is 24.1 Å². The number of hydrogen-bond donors (Lipinski definition) is 1. The molecule has 2 aliphatic rings. The van der Waals surface area contributed by atoms with Crippen LogP contribution in [0.5, 0.6) is 0 Å². The number of aliphatic imine (C=N–C) groups is 1. The van der Waals surface area contributed by atoms with Crippen LogP contribution >= 0.6 is 11.8 Å². The minimum atomic E-state index is -0.409. The molecule has 0 spiro atoms. The fourth-order valence-corrected chi connectivity index (χ4v) is 3.12. The van der Waals surface area contributed by atoms with Gasteiger partial charge >= 0.3 is 6.09 Å². The second-order valence-electron chi connectivity index (χ2n) is 5.94. The van der Waals surface area contributed by atoms with Crippen molar-refractivity contribution in [3.63, 3.8) is 0 Å². The van der Waals surface area contributed by atoms with Gasteiger partial charge in [0.05, 0.1) is 24.6 Å². The fourth-order valence-electron chi connectivity index (χ4n) is 2.77. The van der Waals surface area contributed by atoms with Crippen molar-refractivity contribution in [3.8, 4) is 12.3 Å². The first-order valence-electron chi connectivity index (χ1n) is 7.85. The third-order valence-corrected chi connectivity index (χ3v) is 4.98. The first kappa shape index (κ1) is 17.1. The molecule has 1 aromatic carbocycles. The topological polar surface area (TPSA) is 102 Å². The lowest BCUT2D eigenvalue weighted by Crippen LogP contribution is -2.25. The number of ether oxygens (including phenoxy) is 1. The predicted molar refractivity (Wildman–Crippen MR) is 95.1 cm³/mol. The second-order valence-corrected chi connectivity index (χ2v) is 6.74. The van der Waals surface area contributed by atoms with Crippen molar-refractivity contribution in [2.24, 2.45) is 4.99 Å². The fraction of sp³-hybridized carbons (Fsp3) is 0.412. The number of carbonyl (C=O) groups excluding carboxylic acids is 1. The monoisotopic (exact) mass is 355 g/mol. The summed E-state index contributed by atoms with van der Waals surface area (Å²) >= 11 is 1.32. The molecule has 1 amide bonds. The van der Waals surface area contributed by atoms with Crippen LogP contribution in [0.2, 0.25) is 0 Å². The summed E-state index contributed by atoms with van der Waals surface area (Å²) in [5.41, 5.74) is 1.41. The van der Waals surface area contributed by atoms with Gasteiger partial charge in [0.1, 0.15) is 6.10 Å². The quantitative estimate of drug-likeness (QED) is 0.385. The molecule has 1 saturated carbocycles. The van der Waals surface area contributed by atoms with Crippen LogP contribution in [0.4, 0.5) is 10.5 Å². The Morgan fingerprint density at radius 1 is 1.44 bits per heavy atom. The molecule has 1 aliphatic carbocycles. The van der Waals surface area contributed by atoms with Crippen LogP contribution in [-0.4, -0.2) is 36.7 Å². The lowest BCUT2D eigenvalue weighted by molar-refractivity contribution is 0.145. The molecule has 1 aromatic rings. The van der Waals surface area contributed by atoms with Gasteiger partial charge in [0.25, 0.3) is 0 Å². The number of nitrogens with zero attached hydrogens (tertiary/aromatic N) is 4. The summed E-state index contributed by atoms with van der Waals surface area (Å²) in [7, 11) is 0. The number of amides is 1. The Kier molecular flexibility index (Phi) is 4.82. The number of nitriles is 2. The first-order chi connectivity index (χ1) is 12.1. The van der Waals surface area contributed by atoms with Gasteiger partial charge in [-0.3, -0.25) is 15.2 Å². The number of benzene rings is 1. The number of cyclic esters (lactones) is 1. The summed E-state index contributed by atoms with van der Waals surface area (Å²) < 4.78 is 5.34. The van der Waals surface area contributed by atoms with Gasteiger partial charge in [0, 0.05) is 5.69 Å². The predicted octanol–water partition coefficient (Wildman–Crippen LogP) is 2.36. The molecule has 0 radical (unpaired) electrons. The number of carbonyl (C=O) groups is 1. The van der Waals surface area contributed by atoms with E-state index in [-0.39, 0.29) is 11.5 Å². The van der Waals surface area contributed by atoms with Crippen LogP contribution in [0.1, 0.15) is 18.4 Å². The van der Waals surface area contributed by atoms with Crippen LogP contribution < -0.4 is 10.2 Å². The van der Waals surface area contributed by atoms with E-state index in [1.54, 1.807) is 4.90 Å². The zero-order valence-corrected chi connectivity index (χ0v) is 14.5. The minimum absolute atomic E-state index is 0.294. The summed E-state index contributed by atoms with van der Waals surface area (Å²) in [5.74, 6) is 0. The smallest absolute Gasteiger partial charge is 0.414 e. The van der Waals surface area contributed by atoms with E-state index < -0.39 is 6.09 Å². The highest BCUT2D eigenvalue weighted by Gasteiger charge is 2.44. The molecule has 128 valence electrons. The highest BCUT2D eigenvalue weighted by atomic mass is 32.2. The maximum atomic E-state index is 12.1. The van der Waals surface area contributed by atoms with Gasteiger partial charge in [-0.2, -0.15) is 10.5 Å². The second kappa shape index (κ2) is 7.04. The molecule has 0 unspecified atom stereocenters. The summed E-state index contributed by atoms with van der Waals surface area (Å²) in [6, 6.07) is 9.89. The van der Waals surface area contributed by atoms with Crippen LogP contribution in [0.25, 0.3) is 0 Å². The van der Waals surface area contributed by atoms with Crippen molar-refractivity contribution in [2.75, 3.05) is 24.2 Å². The number of rotatable bonds is 4. The van der Waals surface area contributed by atoms with Crippen LogP contribution in [-0.2, 0) is 10.2 Å². The van der Waals surface area contributed by atoms with Gasteiger partial charge in [-0.15, -0.1) is 0 Å². The summed E-state index contributed by atoms with van der Waals surface area (Å²) in [6.07, 6.45) is 4.65. The number of thioether (sulfide) groups is 1. The van der Waals surface area contributed by atoms with Crippen molar-refractivity contribution in [1.29, 1.82) is 10.5 Å². The maximum absolute atomic E-state index is 12.1. The maximum Gasteiger partial charge on any atom is 0.414 e. The Morgan fingerprint density at radius 2 is 2.16 bits per heavy atom. The molecule has 1 heterocycles. The third-order valence-electron chi connectivity index (χ3n) is 4.36. The molecule has 1 saturated heterocycles. The van der Waals surface area contributed by atoms with Gasteiger partial charge in [-0.1, -0.05) is 23.9 Å². The molecule has 8 heteroatoms. The molecule has 0 aromatic heterocycles. The van der Waals surface area contributed by atoms with E-state index in [9.17, 15) is 10.1 Å². The molecule has 0 bridgehead atoms. The normalized spacial score (nSPS) is 21.2. The molecule has 25 heavy (non-hydrogen) atoms. The lowest BCUT2D eigenvalue weighted by Gasteiger charge is -2.14. The van der Waals surface area contributed by atoms with Crippen molar-refractivity contribution in [3.05, 3.63) is 29.8 Å². The van der Waals surface area contributed by atoms with E-state index >= 15 is 0 Å². The van der Waals surface area contributed by atoms with Crippen molar-refractivity contribution >= 4 is 28.7 Å². The average molecular weight is 355 g/mol. The van der Waals surface area contributed by atoms with Crippen molar-refractivity contribution in [2.45, 2.75) is 24.4 Å². The van der Waals surface area contributed by atoms with Crippen molar-refractivity contribution in [1.82, 2.24) is 5.32 Å². The van der Waals surface area contributed by atoms with E-state index in [1.807, 2.05) is 36.7 Å². The van der Waals surface area contributed by atoms with Gasteiger partial charge in [-0.05, 0) is 36.8 Å². The Hall–Kier alpha value is -2.71. The van der Waals surface area contributed by atoms with E-state index in [0.29, 0.717) is 18.3 Å². The Balaban J connectivity index is 1.65. The van der Waals surface area contributed by atoms with Gasteiger partial charge in [-0.25, -0.2) is 4.79 Å². The van der Waals surface area contributed by atoms with E-state index in [4.69, 9.17) is 10.00 Å². The number of hydrogen-bond acceptors (Lipinski definition) is 6.